The summed E-state index contributed by atoms with van der Waals surface area (Å²) >= 11 is 11.6. The minimum atomic E-state index is -0.404. The second-order valence-electron chi connectivity index (χ2n) is 7.20. The van der Waals surface area contributed by atoms with Crippen LogP contribution in [-0.4, -0.2) is 29.1 Å². The first kappa shape index (κ1) is 23.6. The van der Waals surface area contributed by atoms with Crippen LogP contribution in [0.1, 0.15) is 11.1 Å². The van der Waals surface area contributed by atoms with Crippen LogP contribution in [0, 0.1) is 10.6 Å². The van der Waals surface area contributed by atoms with Crippen LogP contribution in [0.4, 0.5) is 4.39 Å². The van der Waals surface area contributed by atoms with E-state index >= 15 is 0 Å². The number of benzene rings is 3. The number of para-hydroxylation sites is 2. The third kappa shape index (κ3) is 5.00. The van der Waals surface area contributed by atoms with Gasteiger partial charge in [-0.05, 0) is 42.5 Å². The number of rotatable bonds is 9. The Morgan fingerprint density at radius 3 is 2.56 bits per heavy atom. The Morgan fingerprint density at radius 1 is 1.03 bits per heavy atom. The normalized spacial score (nSPS) is 10.7. The third-order valence-corrected chi connectivity index (χ3v) is 5.74. The highest BCUT2D eigenvalue weighted by Gasteiger charge is 2.16. The van der Waals surface area contributed by atoms with Gasteiger partial charge in [-0.2, -0.15) is 5.10 Å². The maximum atomic E-state index is 13.4. The van der Waals surface area contributed by atoms with Gasteiger partial charge in [0.2, 0.25) is 4.77 Å². The lowest BCUT2D eigenvalue weighted by molar-refractivity contribution is 0.281. The maximum absolute atomic E-state index is 13.4. The predicted octanol–water partition coefficient (Wildman–Crippen LogP) is 5.74. The molecule has 0 amide bonds. The summed E-state index contributed by atoms with van der Waals surface area (Å²) in [5, 5.41) is 7.46. The Labute approximate surface area is 206 Å². The Kier molecular flexibility index (Phi) is 7.34. The summed E-state index contributed by atoms with van der Waals surface area (Å²) in [6, 6.07) is 17.3. The number of nitrogens with one attached hydrogen (secondary N) is 2. The molecule has 0 aliphatic heterocycles. The molecule has 0 saturated carbocycles. The Bertz CT molecular complexity index is 1360. The van der Waals surface area contributed by atoms with Crippen LogP contribution in [0.25, 0.3) is 11.4 Å². The van der Waals surface area contributed by atoms with E-state index in [2.05, 4.69) is 15.6 Å². The summed E-state index contributed by atoms with van der Waals surface area (Å²) in [4.78, 5) is 0. The Morgan fingerprint density at radius 2 is 1.79 bits per heavy atom. The number of hydrogen-bond acceptors (Lipinski definition) is 6. The first-order chi connectivity index (χ1) is 16.5. The van der Waals surface area contributed by atoms with Crippen LogP contribution in [0.2, 0.25) is 5.02 Å². The number of ether oxygens (including phenoxy) is 3. The van der Waals surface area contributed by atoms with Gasteiger partial charge in [-0.3, -0.25) is 0 Å². The first-order valence-electron chi connectivity index (χ1n) is 10.3. The van der Waals surface area contributed by atoms with Crippen molar-refractivity contribution >= 4 is 23.8 Å². The number of aromatic amines is 1. The lowest BCUT2D eigenvalue weighted by Gasteiger charge is -2.17. The van der Waals surface area contributed by atoms with Crippen molar-refractivity contribution < 1.29 is 18.6 Å². The summed E-state index contributed by atoms with van der Waals surface area (Å²) in [6.45, 7) is 0.490. The number of nitrogens with zero attached hydrogens (tertiary/aromatic N) is 2. The molecule has 0 spiro atoms. The number of halogens is 2. The fourth-order valence-electron chi connectivity index (χ4n) is 3.43. The average molecular weight is 501 g/mol. The molecule has 1 aromatic heterocycles. The summed E-state index contributed by atoms with van der Waals surface area (Å²) in [5.41, 5.74) is 5.53. The zero-order valence-electron chi connectivity index (χ0n) is 18.5. The number of methoxy groups -OCH3 is 2. The first-order valence-corrected chi connectivity index (χ1v) is 11.1. The Balaban J connectivity index is 1.60. The van der Waals surface area contributed by atoms with Crippen LogP contribution in [-0.2, 0) is 13.2 Å². The minimum absolute atomic E-state index is 0.143. The molecule has 4 rings (SSSR count). The standard InChI is InChI=1S/C24H22ClFN4O3S/c1-31-20-8-4-3-7-18(20)23-28-29-24(34)30(23)27-13-15-6-5-9-21(32-2)22(15)33-14-16-10-11-17(26)12-19(16)25/h3-12,27H,13-14H2,1-2H3,(H,29,34). The van der Waals surface area contributed by atoms with Crippen molar-refractivity contribution in [3.05, 3.63) is 87.4 Å². The van der Waals surface area contributed by atoms with Gasteiger partial charge < -0.3 is 19.6 Å². The van der Waals surface area contributed by atoms with E-state index in [-0.39, 0.29) is 6.61 Å². The van der Waals surface area contributed by atoms with E-state index in [0.717, 1.165) is 11.1 Å². The van der Waals surface area contributed by atoms with E-state index in [9.17, 15) is 4.39 Å². The molecular weight excluding hydrogens is 479 g/mol. The molecule has 0 atom stereocenters. The van der Waals surface area contributed by atoms with E-state index < -0.39 is 5.82 Å². The van der Waals surface area contributed by atoms with Crippen molar-refractivity contribution in [3.63, 3.8) is 0 Å². The molecule has 176 valence electrons. The summed E-state index contributed by atoms with van der Waals surface area (Å²) in [5.74, 6) is 1.93. The maximum Gasteiger partial charge on any atom is 0.214 e. The van der Waals surface area contributed by atoms with Crippen molar-refractivity contribution in [2.75, 3.05) is 19.6 Å². The summed E-state index contributed by atoms with van der Waals surface area (Å²) < 4.78 is 32.5. The lowest BCUT2D eigenvalue weighted by Crippen LogP contribution is -2.17. The van der Waals surface area contributed by atoms with Gasteiger partial charge >= 0.3 is 0 Å². The molecule has 4 aromatic rings. The second kappa shape index (κ2) is 10.6. The van der Waals surface area contributed by atoms with E-state index in [0.29, 0.717) is 45.0 Å². The predicted molar refractivity (Wildman–Crippen MR) is 131 cm³/mol. The van der Waals surface area contributed by atoms with Crippen LogP contribution >= 0.6 is 23.8 Å². The molecule has 10 heteroatoms. The molecule has 0 aliphatic carbocycles. The molecule has 2 N–H and O–H groups in total. The zero-order chi connectivity index (χ0) is 24.1. The molecule has 0 fully saturated rings. The van der Waals surface area contributed by atoms with Crippen LogP contribution in [0.15, 0.2) is 60.7 Å². The molecule has 0 saturated heterocycles. The molecule has 0 unspecified atom stereocenters. The highest BCUT2D eigenvalue weighted by Crippen LogP contribution is 2.33. The van der Waals surface area contributed by atoms with Crippen molar-refractivity contribution in [1.82, 2.24) is 14.9 Å². The summed E-state index contributed by atoms with van der Waals surface area (Å²) in [7, 11) is 3.17. The molecule has 34 heavy (non-hydrogen) atoms. The van der Waals surface area contributed by atoms with Crippen molar-refractivity contribution in [2.45, 2.75) is 13.2 Å². The molecular formula is C24H22ClFN4O3S. The fourth-order valence-corrected chi connectivity index (χ4v) is 3.85. The quantitative estimate of drug-likeness (QED) is 0.285. The molecule has 0 aliphatic rings. The molecule has 1 heterocycles. The molecule has 7 nitrogen and oxygen atoms in total. The van der Waals surface area contributed by atoms with Gasteiger partial charge in [0.25, 0.3) is 0 Å². The summed E-state index contributed by atoms with van der Waals surface area (Å²) in [6.07, 6.45) is 0. The van der Waals surface area contributed by atoms with Crippen LogP contribution in [0.3, 0.4) is 0 Å². The molecule has 3 aromatic carbocycles. The second-order valence-corrected chi connectivity index (χ2v) is 7.99. The number of hydrogen-bond donors (Lipinski definition) is 2. The smallest absolute Gasteiger partial charge is 0.214 e. The van der Waals surface area contributed by atoms with Crippen molar-refractivity contribution in [2.24, 2.45) is 0 Å². The lowest BCUT2D eigenvalue weighted by atomic mass is 10.1. The van der Waals surface area contributed by atoms with Gasteiger partial charge in [0.05, 0.1) is 31.4 Å². The monoisotopic (exact) mass is 500 g/mol. The molecule has 0 radical (unpaired) electrons. The fraction of sp³-hybridized carbons (Fsp3) is 0.167. The van der Waals surface area contributed by atoms with Crippen molar-refractivity contribution in [1.29, 1.82) is 0 Å². The van der Waals surface area contributed by atoms with E-state index in [1.807, 2.05) is 36.4 Å². The van der Waals surface area contributed by atoms with Gasteiger partial charge in [0.15, 0.2) is 17.3 Å². The number of H-pyrrole nitrogens is 1. The largest absolute Gasteiger partial charge is 0.496 e. The number of aromatic nitrogens is 3. The van der Waals surface area contributed by atoms with Crippen LogP contribution < -0.4 is 19.6 Å². The molecule has 0 bridgehead atoms. The van der Waals surface area contributed by atoms with Gasteiger partial charge in [-0.15, -0.1) is 0 Å². The minimum Gasteiger partial charge on any atom is -0.496 e. The van der Waals surface area contributed by atoms with Gasteiger partial charge in [0, 0.05) is 11.1 Å². The van der Waals surface area contributed by atoms with Gasteiger partial charge in [0.1, 0.15) is 18.2 Å². The van der Waals surface area contributed by atoms with E-state index in [1.54, 1.807) is 31.0 Å². The average Bonchev–Trinajstić information content (AvgIpc) is 3.22. The zero-order valence-corrected chi connectivity index (χ0v) is 20.0. The topological polar surface area (TPSA) is 73.3 Å². The van der Waals surface area contributed by atoms with Gasteiger partial charge in [-0.1, -0.05) is 41.9 Å². The van der Waals surface area contributed by atoms with Gasteiger partial charge in [-0.25, -0.2) is 14.2 Å². The van der Waals surface area contributed by atoms with E-state index in [1.165, 1.54) is 12.1 Å². The van der Waals surface area contributed by atoms with E-state index in [4.69, 9.17) is 38.0 Å². The highest BCUT2D eigenvalue weighted by molar-refractivity contribution is 7.71. The van der Waals surface area contributed by atoms with Crippen molar-refractivity contribution in [3.8, 4) is 28.6 Å². The third-order valence-electron chi connectivity index (χ3n) is 5.12. The SMILES string of the molecule is COc1ccccc1-c1n[nH]c(=S)n1NCc1cccc(OC)c1OCc1ccc(F)cc1Cl. The highest BCUT2D eigenvalue weighted by atomic mass is 35.5. The Hall–Kier alpha value is -3.56. The van der Waals surface area contributed by atoms with Crippen LogP contribution in [0.5, 0.6) is 17.2 Å².